The van der Waals surface area contributed by atoms with Crippen molar-refractivity contribution in [2.75, 3.05) is 7.05 Å². The maximum Gasteiger partial charge on any atom is 0.446 e. The lowest BCUT2D eigenvalue weighted by atomic mass is 10.2. The van der Waals surface area contributed by atoms with Crippen molar-refractivity contribution >= 4 is 23.1 Å². The first-order valence-electron chi connectivity index (χ1n) is 5.88. The maximum absolute atomic E-state index is 12.2. The molecular formula is C13H13F3N2S2. The summed E-state index contributed by atoms with van der Waals surface area (Å²) in [5.41, 5.74) is -2.49. The Morgan fingerprint density at radius 3 is 2.45 bits per heavy atom. The minimum atomic E-state index is -4.25. The van der Waals surface area contributed by atoms with E-state index in [0.717, 1.165) is 16.3 Å². The van der Waals surface area contributed by atoms with Gasteiger partial charge in [-0.3, -0.25) is 0 Å². The minimum absolute atomic E-state index is 0.109. The van der Waals surface area contributed by atoms with Crippen LogP contribution in [-0.2, 0) is 0 Å². The third kappa shape index (κ3) is 3.97. The van der Waals surface area contributed by atoms with Crippen LogP contribution in [0.15, 0.2) is 34.5 Å². The highest BCUT2D eigenvalue weighted by molar-refractivity contribution is 8.00. The smallest absolute Gasteiger partial charge is 0.312 e. The lowest BCUT2D eigenvalue weighted by Crippen LogP contribution is -2.12. The number of hydrogen-bond acceptors (Lipinski definition) is 4. The number of nitrogens with zero attached hydrogens (tertiary/aromatic N) is 1. The molecule has 0 aliphatic carbocycles. The standard InChI is InChI=1S/C13H13F3N2S2/c1-8(17-2)11-7-19-12(18-11)9-3-5-10(6-4-9)20-13(14,15)16/h3-8,17H,1-2H3. The number of aromatic nitrogens is 1. The first-order valence-corrected chi connectivity index (χ1v) is 7.57. The molecule has 0 saturated carbocycles. The summed E-state index contributed by atoms with van der Waals surface area (Å²) in [4.78, 5) is 4.66. The van der Waals surface area contributed by atoms with E-state index in [1.54, 1.807) is 12.1 Å². The molecule has 20 heavy (non-hydrogen) atoms. The Bertz CT molecular complexity index is 564. The Morgan fingerprint density at radius 1 is 1.25 bits per heavy atom. The van der Waals surface area contributed by atoms with Gasteiger partial charge in [0.15, 0.2) is 0 Å². The van der Waals surface area contributed by atoms with Crippen LogP contribution in [0.2, 0.25) is 0 Å². The molecule has 2 nitrogen and oxygen atoms in total. The predicted molar refractivity (Wildman–Crippen MR) is 76.9 cm³/mol. The van der Waals surface area contributed by atoms with Crippen molar-refractivity contribution < 1.29 is 13.2 Å². The zero-order valence-electron chi connectivity index (χ0n) is 10.9. The van der Waals surface area contributed by atoms with E-state index in [1.165, 1.54) is 23.5 Å². The fraction of sp³-hybridized carbons (Fsp3) is 0.308. The molecule has 1 heterocycles. The Hall–Kier alpha value is -1.05. The molecule has 1 atom stereocenters. The van der Waals surface area contributed by atoms with Crippen LogP contribution in [0.1, 0.15) is 18.7 Å². The Morgan fingerprint density at radius 2 is 1.90 bits per heavy atom. The van der Waals surface area contributed by atoms with Crippen LogP contribution in [0.5, 0.6) is 0 Å². The van der Waals surface area contributed by atoms with Crippen molar-refractivity contribution in [3.63, 3.8) is 0 Å². The summed E-state index contributed by atoms with van der Waals surface area (Å²) in [6.45, 7) is 2.00. The average Bonchev–Trinajstić information content (AvgIpc) is 2.86. The van der Waals surface area contributed by atoms with E-state index in [2.05, 4.69) is 10.3 Å². The van der Waals surface area contributed by atoms with Gasteiger partial charge in [0.05, 0.1) is 5.69 Å². The third-order valence-corrected chi connectivity index (χ3v) is 4.38. The number of benzene rings is 1. The van der Waals surface area contributed by atoms with Crippen molar-refractivity contribution in [1.82, 2.24) is 10.3 Å². The van der Waals surface area contributed by atoms with Crippen LogP contribution >= 0.6 is 23.1 Å². The number of nitrogens with one attached hydrogen (secondary N) is 1. The highest BCUT2D eigenvalue weighted by atomic mass is 32.2. The summed E-state index contributed by atoms with van der Waals surface area (Å²) >= 11 is 1.38. The van der Waals surface area contributed by atoms with Gasteiger partial charge in [0.1, 0.15) is 5.01 Å². The molecule has 1 N–H and O–H groups in total. The molecule has 0 saturated heterocycles. The van der Waals surface area contributed by atoms with Crippen LogP contribution in [0.25, 0.3) is 10.6 Å². The van der Waals surface area contributed by atoms with Gasteiger partial charge in [0, 0.05) is 21.9 Å². The molecule has 0 aliphatic heterocycles. The second-order valence-corrected chi connectivity index (χ2v) is 6.16. The summed E-state index contributed by atoms with van der Waals surface area (Å²) in [7, 11) is 1.85. The summed E-state index contributed by atoms with van der Waals surface area (Å²) in [5.74, 6) is 0. The largest absolute Gasteiger partial charge is 0.446 e. The minimum Gasteiger partial charge on any atom is -0.312 e. The second-order valence-electron chi connectivity index (χ2n) is 4.16. The summed E-state index contributed by atoms with van der Waals surface area (Å²) in [5, 5.41) is 5.86. The molecule has 0 aliphatic rings. The first kappa shape index (κ1) is 15.3. The van der Waals surface area contributed by atoms with Crippen LogP contribution in [0, 0.1) is 0 Å². The summed E-state index contributed by atoms with van der Waals surface area (Å²) in [6.07, 6.45) is 0. The quantitative estimate of drug-likeness (QED) is 0.827. The van der Waals surface area contributed by atoms with Crippen LogP contribution in [-0.4, -0.2) is 17.5 Å². The number of thioether (sulfide) groups is 1. The van der Waals surface area contributed by atoms with Crippen molar-refractivity contribution in [3.05, 3.63) is 35.3 Å². The predicted octanol–water partition coefficient (Wildman–Crippen LogP) is 4.70. The van der Waals surface area contributed by atoms with E-state index in [-0.39, 0.29) is 22.7 Å². The molecular weight excluding hydrogens is 305 g/mol. The van der Waals surface area contributed by atoms with Crippen molar-refractivity contribution in [2.24, 2.45) is 0 Å². The topological polar surface area (TPSA) is 24.9 Å². The normalized spacial score (nSPS) is 13.4. The van der Waals surface area contributed by atoms with Crippen LogP contribution in [0.3, 0.4) is 0 Å². The van der Waals surface area contributed by atoms with E-state index in [1.807, 2.05) is 19.4 Å². The van der Waals surface area contributed by atoms with Gasteiger partial charge in [-0.2, -0.15) is 13.2 Å². The monoisotopic (exact) mass is 318 g/mol. The van der Waals surface area contributed by atoms with Gasteiger partial charge in [-0.25, -0.2) is 4.98 Å². The number of hydrogen-bond donors (Lipinski definition) is 1. The maximum atomic E-state index is 12.2. The van der Waals surface area contributed by atoms with Crippen molar-refractivity contribution in [2.45, 2.75) is 23.4 Å². The average molecular weight is 318 g/mol. The van der Waals surface area contributed by atoms with Crippen molar-refractivity contribution in [3.8, 4) is 10.6 Å². The van der Waals surface area contributed by atoms with Gasteiger partial charge in [-0.15, -0.1) is 11.3 Å². The van der Waals surface area contributed by atoms with E-state index in [9.17, 15) is 13.2 Å². The highest BCUT2D eigenvalue weighted by Gasteiger charge is 2.29. The molecule has 0 spiro atoms. The number of halogens is 3. The fourth-order valence-corrected chi connectivity index (χ4v) is 3.02. The molecule has 2 aromatic rings. The van der Waals surface area contributed by atoms with Gasteiger partial charge in [0.2, 0.25) is 0 Å². The molecule has 7 heteroatoms. The van der Waals surface area contributed by atoms with E-state index >= 15 is 0 Å². The second kappa shape index (κ2) is 6.15. The Kier molecular flexibility index (Phi) is 4.72. The lowest BCUT2D eigenvalue weighted by Gasteiger charge is -2.06. The van der Waals surface area contributed by atoms with Gasteiger partial charge in [-0.1, -0.05) is 12.1 Å². The lowest BCUT2D eigenvalue weighted by molar-refractivity contribution is -0.0328. The van der Waals surface area contributed by atoms with Crippen LogP contribution < -0.4 is 5.32 Å². The summed E-state index contributed by atoms with van der Waals surface area (Å²) in [6, 6.07) is 6.42. The molecule has 108 valence electrons. The molecule has 1 aromatic heterocycles. The number of rotatable bonds is 4. The van der Waals surface area contributed by atoms with E-state index in [4.69, 9.17) is 0 Å². The zero-order valence-corrected chi connectivity index (χ0v) is 12.5. The summed E-state index contributed by atoms with van der Waals surface area (Å²) < 4.78 is 36.7. The van der Waals surface area contributed by atoms with Crippen LogP contribution in [0.4, 0.5) is 13.2 Å². The number of thiazole rings is 1. The molecule has 0 bridgehead atoms. The third-order valence-electron chi connectivity index (χ3n) is 2.73. The van der Waals surface area contributed by atoms with Gasteiger partial charge in [0.25, 0.3) is 0 Å². The van der Waals surface area contributed by atoms with Gasteiger partial charge in [-0.05, 0) is 37.9 Å². The fourth-order valence-electron chi connectivity index (χ4n) is 1.56. The molecule has 0 amide bonds. The number of alkyl halides is 3. The highest BCUT2D eigenvalue weighted by Crippen LogP contribution is 2.37. The van der Waals surface area contributed by atoms with E-state index in [0.29, 0.717) is 0 Å². The molecule has 2 rings (SSSR count). The molecule has 1 unspecified atom stereocenters. The SMILES string of the molecule is CNC(C)c1csc(-c2ccc(SC(F)(F)F)cc2)n1. The molecule has 1 aromatic carbocycles. The molecule has 0 radical (unpaired) electrons. The van der Waals surface area contributed by atoms with Gasteiger partial charge < -0.3 is 5.32 Å². The van der Waals surface area contributed by atoms with E-state index < -0.39 is 5.51 Å². The van der Waals surface area contributed by atoms with Crippen molar-refractivity contribution in [1.29, 1.82) is 0 Å². The van der Waals surface area contributed by atoms with Gasteiger partial charge >= 0.3 is 5.51 Å². The Labute approximate surface area is 123 Å². The molecule has 0 fully saturated rings. The Balaban J connectivity index is 2.15. The first-order chi connectivity index (χ1) is 9.39. The zero-order chi connectivity index (χ0) is 14.8.